The number of nitrogens with one attached hydrogen (secondary N) is 1. The van der Waals surface area contributed by atoms with E-state index in [1.165, 1.54) is 11.4 Å². The van der Waals surface area contributed by atoms with Crippen molar-refractivity contribution in [3.05, 3.63) is 0 Å². The molecule has 0 heterocycles. The number of rotatable bonds is 11. The lowest BCUT2D eigenvalue weighted by atomic mass is 10.4. The molecule has 0 bridgehead atoms. The molecule has 0 aliphatic carbocycles. The van der Waals surface area contributed by atoms with Gasteiger partial charge in [-0.25, -0.2) is 0 Å². The first-order chi connectivity index (χ1) is 8.04. The standard InChI is InChI=1S/C9H23N3O4S/c1-12(6-3-4-10)17(13,14)11-5-7-16-9-8-15-2/h11H,3-10H2,1-2H3. The highest BCUT2D eigenvalue weighted by Gasteiger charge is 2.15. The largest absolute Gasteiger partial charge is 0.382 e. The minimum absolute atomic E-state index is 0.249. The molecule has 0 aliphatic heterocycles. The number of nitrogens with two attached hydrogens (primary N) is 1. The third-order valence-corrected chi connectivity index (χ3v) is 3.62. The molecule has 17 heavy (non-hydrogen) atoms. The topological polar surface area (TPSA) is 93.9 Å². The van der Waals surface area contributed by atoms with Crippen molar-refractivity contribution in [2.24, 2.45) is 5.73 Å². The highest BCUT2D eigenvalue weighted by atomic mass is 32.2. The minimum atomic E-state index is -3.41. The van der Waals surface area contributed by atoms with Gasteiger partial charge in [-0.05, 0) is 13.0 Å². The Hall–Kier alpha value is -0.250. The van der Waals surface area contributed by atoms with E-state index < -0.39 is 10.2 Å². The van der Waals surface area contributed by atoms with Crippen molar-refractivity contribution in [2.75, 3.05) is 53.6 Å². The molecular formula is C9H23N3O4S. The van der Waals surface area contributed by atoms with Crippen LogP contribution in [0.25, 0.3) is 0 Å². The zero-order valence-corrected chi connectivity index (χ0v) is 11.3. The van der Waals surface area contributed by atoms with Gasteiger partial charge in [0.15, 0.2) is 0 Å². The second kappa shape index (κ2) is 9.75. The van der Waals surface area contributed by atoms with Gasteiger partial charge in [-0.3, -0.25) is 0 Å². The molecular weight excluding hydrogens is 246 g/mol. The molecule has 3 N–H and O–H groups in total. The fraction of sp³-hybridized carbons (Fsp3) is 1.00. The zero-order valence-electron chi connectivity index (χ0n) is 10.5. The summed E-state index contributed by atoms with van der Waals surface area (Å²) in [6.45, 7) is 2.42. The molecule has 104 valence electrons. The third kappa shape index (κ3) is 8.47. The van der Waals surface area contributed by atoms with Crippen LogP contribution in [-0.2, 0) is 19.7 Å². The van der Waals surface area contributed by atoms with E-state index in [1.54, 1.807) is 7.11 Å². The van der Waals surface area contributed by atoms with Crippen LogP contribution in [0.2, 0.25) is 0 Å². The van der Waals surface area contributed by atoms with Gasteiger partial charge in [0, 0.05) is 27.2 Å². The van der Waals surface area contributed by atoms with Crippen LogP contribution in [0.5, 0.6) is 0 Å². The fourth-order valence-electron chi connectivity index (χ4n) is 1.03. The van der Waals surface area contributed by atoms with Crippen molar-refractivity contribution < 1.29 is 17.9 Å². The summed E-state index contributed by atoms with van der Waals surface area (Å²) in [7, 11) is -0.309. The molecule has 8 heteroatoms. The average Bonchev–Trinajstić information content (AvgIpc) is 2.30. The van der Waals surface area contributed by atoms with Crippen LogP contribution in [0.15, 0.2) is 0 Å². The zero-order chi connectivity index (χ0) is 13.1. The first-order valence-corrected chi connectivity index (χ1v) is 6.96. The number of hydrogen-bond acceptors (Lipinski definition) is 5. The maximum Gasteiger partial charge on any atom is 0.279 e. The summed E-state index contributed by atoms with van der Waals surface area (Å²) in [5, 5.41) is 0. The maximum absolute atomic E-state index is 11.6. The molecule has 0 radical (unpaired) electrons. The van der Waals surface area contributed by atoms with Crippen LogP contribution in [0.4, 0.5) is 0 Å². The molecule has 0 unspecified atom stereocenters. The maximum atomic E-state index is 11.6. The summed E-state index contributed by atoms with van der Waals surface area (Å²) in [5.41, 5.74) is 5.31. The van der Waals surface area contributed by atoms with Crippen LogP contribution >= 0.6 is 0 Å². The molecule has 0 aromatic rings. The van der Waals surface area contributed by atoms with Crippen LogP contribution in [0.3, 0.4) is 0 Å². The van der Waals surface area contributed by atoms with E-state index in [2.05, 4.69) is 4.72 Å². The van der Waals surface area contributed by atoms with E-state index in [1.807, 2.05) is 0 Å². The van der Waals surface area contributed by atoms with Crippen molar-refractivity contribution in [1.82, 2.24) is 9.03 Å². The molecule has 0 rings (SSSR count). The van der Waals surface area contributed by atoms with E-state index in [0.717, 1.165) is 0 Å². The highest BCUT2D eigenvalue weighted by Crippen LogP contribution is 1.94. The summed E-state index contributed by atoms with van der Waals surface area (Å²) in [5.74, 6) is 0. The minimum Gasteiger partial charge on any atom is -0.382 e. The Bertz CT molecular complexity index is 271. The van der Waals surface area contributed by atoms with Gasteiger partial charge in [0.1, 0.15) is 0 Å². The molecule has 0 aromatic carbocycles. The molecule has 0 aliphatic rings. The number of methoxy groups -OCH3 is 1. The average molecular weight is 269 g/mol. The van der Waals surface area contributed by atoms with Gasteiger partial charge >= 0.3 is 0 Å². The molecule has 0 atom stereocenters. The second-order valence-corrected chi connectivity index (χ2v) is 5.33. The summed E-state index contributed by atoms with van der Waals surface area (Å²) in [6, 6.07) is 0. The van der Waals surface area contributed by atoms with Gasteiger partial charge in [0.05, 0.1) is 19.8 Å². The van der Waals surface area contributed by atoms with E-state index >= 15 is 0 Å². The number of ether oxygens (including phenoxy) is 2. The lowest BCUT2D eigenvalue weighted by Gasteiger charge is -2.17. The molecule has 0 amide bonds. The van der Waals surface area contributed by atoms with Gasteiger partial charge in [-0.1, -0.05) is 0 Å². The first kappa shape index (κ1) is 16.8. The van der Waals surface area contributed by atoms with Crippen molar-refractivity contribution in [2.45, 2.75) is 6.42 Å². The van der Waals surface area contributed by atoms with Gasteiger partial charge in [-0.2, -0.15) is 17.4 Å². The summed E-state index contributed by atoms with van der Waals surface area (Å²) in [4.78, 5) is 0. The van der Waals surface area contributed by atoms with Crippen LogP contribution in [-0.4, -0.2) is 66.3 Å². The van der Waals surface area contributed by atoms with Crippen LogP contribution in [0.1, 0.15) is 6.42 Å². The predicted octanol–water partition coefficient (Wildman–Crippen LogP) is -1.24. The van der Waals surface area contributed by atoms with Gasteiger partial charge in [0.2, 0.25) is 0 Å². The van der Waals surface area contributed by atoms with Gasteiger partial charge in [-0.15, -0.1) is 0 Å². The SMILES string of the molecule is COCCOCCNS(=O)(=O)N(C)CCCN. The lowest BCUT2D eigenvalue weighted by molar-refractivity contribution is 0.0735. The third-order valence-electron chi connectivity index (χ3n) is 2.05. The quantitative estimate of drug-likeness (QED) is 0.458. The van der Waals surface area contributed by atoms with Crippen molar-refractivity contribution in [1.29, 1.82) is 0 Å². The van der Waals surface area contributed by atoms with E-state index in [0.29, 0.717) is 39.3 Å². The first-order valence-electron chi connectivity index (χ1n) is 5.52. The summed E-state index contributed by atoms with van der Waals surface area (Å²) >= 11 is 0. The van der Waals surface area contributed by atoms with Gasteiger partial charge in [0.25, 0.3) is 10.2 Å². The molecule has 7 nitrogen and oxygen atoms in total. The summed E-state index contributed by atoms with van der Waals surface area (Å²) in [6.07, 6.45) is 0.641. The predicted molar refractivity (Wildman–Crippen MR) is 65.9 cm³/mol. The Kier molecular flexibility index (Phi) is 9.60. The molecule has 0 aromatic heterocycles. The van der Waals surface area contributed by atoms with E-state index in [9.17, 15) is 8.42 Å². The normalized spacial score (nSPS) is 12.2. The molecule has 0 fully saturated rings. The Morgan fingerprint density at radius 3 is 2.59 bits per heavy atom. The number of nitrogens with zero attached hydrogens (tertiary/aromatic N) is 1. The van der Waals surface area contributed by atoms with Crippen LogP contribution in [0, 0.1) is 0 Å². The van der Waals surface area contributed by atoms with E-state index in [4.69, 9.17) is 15.2 Å². The monoisotopic (exact) mass is 269 g/mol. The van der Waals surface area contributed by atoms with Crippen LogP contribution < -0.4 is 10.5 Å². The van der Waals surface area contributed by atoms with Gasteiger partial charge < -0.3 is 15.2 Å². The Morgan fingerprint density at radius 1 is 1.29 bits per heavy atom. The Morgan fingerprint density at radius 2 is 2.00 bits per heavy atom. The number of hydrogen-bond donors (Lipinski definition) is 2. The fourth-order valence-corrected chi connectivity index (χ4v) is 1.96. The lowest BCUT2D eigenvalue weighted by Crippen LogP contribution is -2.40. The van der Waals surface area contributed by atoms with E-state index in [-0.39, 0.29) is 6.54 Å². The molecule has 0 saturated carbocycles. The second-order valence-electron chi connectivity index (χ2n) is 3.47. The molecule has 0 spiro atoms. The summed E-state index contributed by atoms with van der Waals surface area (Å²) < 4.78 is 36.8. The van der Waals surface area contributed by atoms with Crippen molar-refractivity contribution in [3.63, 3.8) is 0 Å². The van der Waals surface area contributed by atoms with Crippen molar-refractivity contribution >= 4 is 10.2 Å². The Balaban J connectivity index is 3.70. The molecule has 0 saturated heterocycles. The smallest absolute Gasteiger partial charge is 0.279 e. The highest BCUT2D eigenvalue weighted by molar-refractivity contribution is 7.87. The van der Waals surface area contributed by atoms with Crippen molar-refractivity contribution in [3.8, 4) is 0 Å². The Labute approximate surface area is 103 Å².